The second-order valence-electron chi connectivity index (χ2n) is 8.09. The highest BCUT2D eigenvalue weighted by molar-refractivity contribution is 7.92. The molecular weight excluding hydrogens is 390 g/mol. The van der Waals surface area contributed by atoms with Gasteiger partial charge in [-0.1, -0.05) is 6.07 Å². The van der Waals surface area contributed by atoms with E-state index in [9.17, 15) is 18.0 Å². The summed E-state index contributed by atoms with van der Waals surface area (Å²) in [5, 5.41) is 3.82. The number of carbonyl (C=O) groups excluding carboxylic acids is 2. The van der Waals surface area contributed by atoms with Crippen molar-refractivity contribution in [1.82, 2.24) is 9.62 Å². The summed E-state index contributed by atoms with van der Waals surface area (Å²) >= 11 is 0. The Labute approximate surface area is 171 Å². The Kier molecular flexibility index (Phi) is 5.38. The van der Waals surface area contributed by atoms with Crippen molar-refractivity contribution in [3.05, 3.63) is 39.8 Å². The fourth-order valence-electron chi connectivity index (χ4n) is 4.85. The molecule has 7 nitrogen and oxygen atoms in total. The third-order valence-corrected chi connectivity index (χ3v) is 7.12. The molecule has 0 aromatic heterocycles. The summed E-state index contributed by atoms with van der Waals surface area (Å²) in [6.07, 6.45) is 9.00. The zero-order valence-corrected chi connectivity index (χ0v) is 17.5. The van der Waals surface area contributed by atoms with Gasteiger partial charge in [-0.15, -0.1) is 0 Å². The molecule has 8 heteroatoms. The molecular formula is C21H27N3O4S. The van der Waals surface area contributed by atoms with Crippen molar-refractivity contribution >= 4 is 27.6 Å². The SMILES string of the molecule is CC(=O)N1CCC[C@@H]1/C=C/S(=O)(=O)NC(=O)Nc1c2c(cc3c1CCC3)CCC2. The predicted molar refractivity (Wildman–Crippen MR) is 111 cm³/mol. The molecule has 1 heterocycles. The Balaban J connectivity index is 1.46. The first kappa shape index (κ1) is 19.9. The van der Waals surface area contributed by atoms with Crippen LogP contribution in [0.3, 0.4) is 0 Å². The number of fused-ring (bicyclic) bond motifs is 2. The zero-order chi connectivity index (χ0) is 20.6. The second-order valence-corrected chi connectivity index (χ2v) is 9.65. The molecule has 1 saturated heterocycles. The van der Waals surface area contributed by atoms with E-state index in [1.54, 1.807) is 4.90 Å². The average Bonchev–Trinajstić information content (AvgIpc) is 3.39. The number of sulfonamides is 1. The van der Waals surface area contributed by atoms with Crippen LogP contribution in [0, 0.1) is 0 Å². The molecule has 3 amide bonds. The van der Waals surface area contributed by atoms with Crippen molar-refractivity contribution < 1.29 is 18.0 Å². The monoisotopic (exact) mass is 417 g/mol. The van der Waals surface area contributed by atoms with Gasteiger partial charge in [0.15, 0.2) is 0 Å². The van der Waals surface area contributed by atoms with E-state index < -0.39 is 16.1 Å². The number of nitrogens with zero attached hydrogens (tertiary/aromatic N) is 1. The Hall–Kier alpha value is -2.35. The van der Waals surface area contributed by atoms with Gasteiger partial charge in [-0.05, 0) is 79.7 Å². The van der Waals surface area contributed by atoms with Crippen LogP contribution >= 0.6 is 0 Å². The van der Waals surface area contributed by atoms with Crippen LogP contribution < -0.4 is 10.0 Å². The van der Waals surface area contributed by atoms with Crippen LogP contribution in [0.25, 0.3) is 0 Å². The van der Waals surface area contributed by atoms with Gasteiger partial charge < -0.3 is 10.2 Å². The number of hydrogen-bond acceptors (Lipinski definition) is 4. The molecule has 1 fully saturated rings. The average molecular weight is 418 g/mol. The lowest BCUT2D eigenvalue weighted by Crippen LogP contribution is -2.35. The van der Waals surface area contributed by atoms with Crippen molar-refractivity contribution in [2.24, 2.45) is 0 Å². The standard InChI is InChI=1S/C21H27N3O4S/c1-14(25)24-11-4-7-17(24)10-12-29(27,28)23-21(26)22-20-18-8-2-5-15(18)13-16-6-3-9-19(16)20/h10,12-13,17H,2-9,11H2,1H3,(H2,22,23,26)/b12-10+/t17-/m1/s1. The molecule has 0 saturated carbocycles. The van der Waals surface area contributed by atoms with E-state index in [0.29, 0.717) is 6.54 Å². The van der Waals surface area contributed by atoms with Crippen LogP contribution in [0.5, 0.6) is 0 Å². The topological polar surface area (TPSA) is 95.6 Å². The summed E-state index contributed by atoms with van der Waals surface area (Å²) in [5.41, 5.74) is 5.65. The molecule has 3 aliphatic rings. The summed E-state index contributed by atoms with van der Waals surface area (Å²) < 4.78 is 26.8. The van der Waals surface area contributed by atoms with Gasteiger partial charge in [0, 0.05) is 24.6 Å². The molecule has 2 aliphatic carbocycles. The molecule has 0 radical (unpaired) electrons. The summed E-state index contributed by atoms with van der Waals surface area (Å²) in [6.45, 7) is 2.10. The van der Waals surface area contributed by atoms with Gasteiger partial charge in [-0.2, -0.15) is 0 Å². The Morgan fingerprint density at radius 1 is 1.07 bits per heavy atom. The minimum Gasteiger partial charge on any atom is -0.336 e. The van der Waals surface area contributed by atoms with E-state index in [1.807, 2.05) is 0 Å². The fraction of sp³-hybridized carbons (Fsp3) is 0.524. The van der Waals surface area contributed by atoms with E-state index in [2.05, 4.69) is 16.1 Å². The molecule has 1 aliphatic heterocycles. The molecule has 1 atom stereocenters. The van der Waals surface area contributed by atoms with Gasteiger partial charge in [-0.3, -0.25) is 4.79 Å². The third-order valence-electron chi connectivity index (χ3n) is 6.13. The van der Waals surface area contributed by atoms with Crippen molar-refractivity contribution in [2.45, 2.75) is 64.3 Å². The molecule has 0 spiro atoms. The van der Waals surface area contributed by atoms with Crippen molar-refractivity contribution in [3.8, 4) is 0 Å². The lowest BCUT2D eigenvalue weighted by molar-refractivity contribution is -0.128. The molecule has 0 unspecified atom stereocenters. The normalized spacial score (nSPS) is 20.7. The van der Waals surface area contributed by atoms with Crippen molar-refractivity contribution in [2.75, 3.05) is 11.9 Å². The largest absolute Gasteiger partial charge is 0.336 e. The van der Waals surface area contributed by atoms with Gasteiger partial charge in [-0.25, -0.2) is 17.9 Å². The molecule has 1 aromatic carbocycles. The van der Waals surface area contributed by atoms with Gasteiger partial charge >= 0.3 is 6.03 Å². The lowest BCUT2D eigenvalue weighted by atomic mass is 9.99. The molecule has 156 valence electrons. The summed E-state index contributed by atoms with van der Waals surface area (Å²) in [5.74, 6) is -0.0768. The highest BCUT2D eigenvalue weighted by Gasteiger charge is 2.27. The first-order valence-electron chi connectivity index (χ1n) is 10.3. The number of rotatable bonds is 4. The minimum atomic E-state index is -3.95. The smallest absolute Gasteiger partial charge is 0.333 e. The van der Waals surface area contributed by atoms with Crippen LogP contribution in [0.15, 0.2) is 17.6 Å². The fourth-order valence-corrected chi connectivity index (χ4v) is 5.61. The molecule has 2 N–H and O–H groups in total. The highest BCUT2D eigenvalue weighted by atomic mass is 32.2. The summed E-state index contributed by atoms with van der Waals surface area (Å²) in [4.78, 5) is 25.7. The van der Waals surface area contributed by atoms with Crippen LogP contribution in [-0.4, -0.2) is 37.8 Å². The van der Waals surface area contributed by atoms with E-state index >= 15 is 0 Å². The van der Waals surface area contributed by atoms with Crippen LogP contribution in [0.1, 0.15) is 54.9 Å². The molecule has 0 bridgehead atoms. The van der Waals surface area contributed by atoms with Crippen LogP contribution in [0.2, 0.25) is 0 Å². The van der Waals surface area contributed by atoms with Gasteiger partial charge in [0.05, 0.1) is 6.04 Å². The van der Waals surface area contributed by atoms with Crippen LogP contribution in [0.4, 0.5) is 10.5 Å². The zero-order valence-electron chi connectivity index (χ0n) is 16.7. The molecule has 29 heavy (non-hydrogen) atoms. The highest BCUT2D eigenvalue weighted by Crippen LogP contribution is 2.38. The van der Waals surface area contributed by atoms with E-state index in [-0.39, 0.29) is 11.9 Å². The Bertz CT molecular complexity index is 952. The van der Waals surface area contributed by atoms with Crippen molar-refractivity contribution in [1.29, 1.82) is 0 Å². The van der Waals surface area contributed by atoms with Gasteiger partial charge in [0.25, 0.3) is 10.0 Å². The maximum absolute atomic E-state index is 12.5. The predicted octanol–water partition coefficient (Wildman–Crippen LogP) is 2.64. The summed E-state index contributed by atoms with van der Waals surface area (Å²) in [6, 6.07) is 1.28. The Morgan fingerprint density at radius 2 is 1.72 bits per heavy atom. The van der Waals surface area contributed by atoms with Crippen LogP contribution in [-0.2, 0) is 40.5 Å². The van der Waals surface area contributed by atoms with E-state index in [1.165, 1.54) is 24.1 Å². The number of aryl methyl sites for hydroxylation is 2. The number of urea groups is 1. The van der Waals surface area contributed by atoms with Gasteiger partial charge in [0.2, 0.25) is 5.91 Å². The quantitative estimate of drug-likeness (QED) is 0.787. The van der Waals surface area contributed by atoms with Crippen molar-refractivity contribution in [3.63, 3.8) is 0 Å². The second kappa shape index (κ2) is 7.82. The lowest BCUT2D eigenvalue weighted by Gasteiger charge is -2.20. The number of benzene rings is 1. The first-order chi connectivity index (χ1) is 13.8. The number of carbonyl (C=O) groups is 2. The number of amides is 3. The first-order valence-corrected chi connectivity index (χ1v) is 11.8. The summed E-state index contributed by atoms with van der Waals surface area (Å²) in [7, 11) is -3.95. The number of nitrogens with one attached hydrogen (secondary N) is 2. The molecule has 1 aromatic rings. The van der Waals surface area contributed by atoms with E-state index in [4.69, 9.17) is 0 Å². The Morgan fingerprint density at radius 3 is 2.34 bits per heavy atom. The minimum absolute atomic E-state index is 0.0768. The molecule has 4 rings (SSSR count). The third kappa shape index (κ3) is 4.17. The maximum Gasteiger partial charge on any atom is 0.333 e. The number of anilines is 1. The van der Waals surface area contributed by atoms with E-state index in [0.717, 1.165) is 73.6 Å². The number of likely N-dealkylation sites (tertiary alicyclic amines) is 1. The maximum atomic E-state index is 12.5. The number of hydrogen-bond donors (Lipinski definition) is 2. The van der Waals surface area contributed by atoms with Gasteiger partial charge in [0.1, 0.15) is 0 Å².